The third kappa shape index (κ3) is 3.84. The Morgan fingerprint density at radius 2 is 2.20 bits per heavy atom. The Labute approximate surface area is 100 Å². The highest BCUT2D eigenvalue weighted by atomic mass is 79.9. The third-order valence-corrected chi connectivity index (χ3v) is 2.81. The average Bonchev–Trinajstić information content (AvgIpc) is 2.29. The molecule has 1 aromatic rings. The average molecular weight is 272 g/mol. The Morgan fingerprint density at radius 1 is 1.40 bits per heavy atom. The second-order valence-electron chi connectivity index (χ2n) is 3.38. The smallest absolute Gasteiger partial charge is 0.122 e. The van der Waals surface area contributed by atoms with E-state index >= 15 is 0 Å². The molecule has 0 aliphatic heterocycles. The molecule has 0 aliphatic carbocycles. The van der Waals surface area contributed by atoms with Gasteiger partial charge in [-0.2, -0.15) is 0 Å². The summed E-state index contributed by atoms with van der Waals surface area (Å²) in [5.74, 6) is 0.995. The monoisotopic (exact) mass is 271 g/mol. The molecule has 0 fully saturated rings. The second kappa shape index (κ2) is 6.85. The molecule has 2 nitrogen and oxygen atoms in total. The number of hydrogen-bond acceptors (Lipinski definition) is 2. The Kier molecular flexibility index (Phi) is 5.73. The molecular weight excluding hydrogens is 254 g/mol. The minimum Gasteiger partial charge on any atom is -0.496 e. The van der Waals surface area contributed by atoms with Crippen molar-refractivity contribution >= 4 is 15.9 Å². The van der Waals surface area contributed by atoms with Crippen LogP contribution in [0.3, 0.4) is 0 Å². The SMILES string of the molecule is CCc1cc(CCNCBr)ccc1OC. The van der Waals surface area contributed by atoms with Crippen molar-refractivity contribution in [3.05, 3.63) is 29.3 Å². The standard InChI is InChI=1S/C12H18BrNO/c1-3-11-8-10(6-7-14-9-13)4-5-12(11)15-2/h4-5,8,14H,3,6-7,9H2,1-2H3. The first kappa shape index (κ1) is 12.5. The van der Waals surface area contributed by atoms with Gasteiger partial charge in [-0.1, -0.05) is 35.0 Å². The lowest BCUT2D eigenvalue weighted by atomic mass is 10.1. The maximum Gasteiger partial charge on any atom is 0.122 e. The van der Waals surface area contributed by atoms with E-state index in [4.69, 9.17) is 4.74 Å². The molecule has 0 saturated heterocycles. The van der Waals surface area contributed by atoms with Gasteiger partial charge in [0.1, 0.15) is 5.75 Å². The predicted molar refractivity (Wildman–Crippen MR) is 67.9 cm³/mol. The zero-order chi connectivity index (χ0) is 11.1. The van der Waals surface area contributed by atoms with Crippen molar-refractivity contribution in [2.24, 2.45) is 0 Å². The van der Waals surface area contributed by atoms with Gasteiger partial charge in [-0.25, -0.2) is 0 Å². The molecule has 3 heteroatoms. The van der Waals surface area contributed by atoms with E-state index in [9.17, 15) is 0 Å². The zero-order valence-electron chi connectivity index (χ0n) is 9.35. The number of rotatable bonds is 6. The van der Waals surface area contributed by atoms with Gasteiger partial charge in [0.15, 0.2) is 0 Å². The van der Waals surface area contributed by atoms with Crippen molar-refractivity contribution < 1.29 is 4.74 Å². The van der Waals surface area contributed by atoms with Crippen molar-refractivity contribution in [3.63, 3.8) is 0 Å². The van der Waals surface area contributed by atoms with Gasteiger partial charge in [0.05, 0.1) is 12.6 Å². The van der Waals surface area contributed by atoms with Crippen molar-refractivity contribution in [2.45, 2.75) is 19.8 Å². The van der Waals surface area contributed by atoms with Gasteiger partial charge in [-0.05, 0) is 36.6 Å². The summed E-state index contributed by atoms with van der Waals surface area (Å²) in [5, 5.41) is 3.25. The first-order valence-electron chi connectivity index (χ1n) is 5.24. The fourth-order valence-electron chi connectivity index (χ4n) is 1.56. The van der Waals surface area contributed by atoms with E-state index in [1.807, 2.05) is 0 Å². The highest BCUT2D eigenvalue weighted by Gasteiger charge is 2.02. The number of alkyl halides is 1. The molecule has 0 unspecified atom stereocenters. The van der Waals surface area contributed by atoms with Crippen LogP contribution in [0, 0.1) is 0 Å². The summed E-state index contributed by atoms with van der Waals surface area (Å²) in [7, 11) is 1.72. The third-order valence-electron chi connectivity index (χ3n) is 2.41. The minimum absolute atomic E-state index is 0.851. The summed E-state index contributed by atoms with van der Waals surface area (Å²) < 4.78 is 5.29. The molecule has 1 N–H and O–H groups in total. The molecule has 84 valence electrons. The number of aryl methyl sites for hydroxylation is 1. The van der Waals surface area contributed by atoms with Crippen LogP contribution in [0.5, 0.6) is 5.75 Å². The van der Waals surface area contributed by atoms with Gasteiger partial charge in [-0.15, -0.1) is 0 Å². The second-order valence-corrected chi connectivity index (χ2v) is 3.94. The van der Waals surface area contributed by atoms with Crippen LogP contribution in [0.25, 0.3) is 0 Å². The fraction of sp³-hybridized carbons (Fsp3) is 0.500. The molecule has 1 aromatic carbocycles. The summed E-state index contributed by atoms with van der Waals surface area (Å²) in [6.45, 7) is 3.15. The van der Waals surface area contributed by atoms with Crippen LogP contribution in [0.2, 0.25) is 0 Å². The molecule has 0 atom stereocenters. The van der Waals surface area contributed by atoms with Crippen LogP contribution in [-0.2, 0) is 12.8 Å². The molecule has 0 spiro atoms. The molecule has 0 amide bonds. The van der Waals surface area contributed by atoms with Gasteiger partial charge in [0, 0.05) is 0 Å². The van der Waals surface area contributed by atoms with Crippen LogP contribution in [0.15, 0.2) is 18.2 Å². The summed E-state index contributed by atoms with van der Waals surface area (Å²) in [6, 6.07) is 6.42. The van der Waals surface area contributed by atoms with Crippen LogP contribution >= 0.6 is 15.9 Å². The first-order valence-corrected chi connectivity index (χ1v) is 6.36. The Morgan fingerprint density at radius 3 is 2.80 bits per heavy atom. The number of ether oxygens (including phenoxy) is 1. The van der Waals surface area contributed by atoms with Gasteiger partial charge in [0.25, 0.3) is 0 Å². The van der Waals surface area contributed by atoms with Crippen molar-refractivity contribution in [1.82, 2.24) is 5.32 Å². The predicted octanol–water partition coefficient (Wildman–Crippen LogP) is 2.74. The minimum atomic E-state index is 0.851. The molecule has 0 radical (unpaired) electrons. The molecule has 0 aromatic heterocycles. The summed E-state index contributed by atoms with van der Waals surface area (Å²) in [5.41, 5.74) is 3.50. The molecule has 0 heterocycles. The van der Waals surface area contributed by atoms with Gasteiger partial charge < -0.3 is 10.1 Å². The van der Waals surface area contributed by atoms with E-state index in [0.29, 0.717) is 0 Å². The number of hydrogen-bond donors (Lipinski definition) is 1. The number of methoxy groups -OCH3 is 1. The quantitative estimate of drug-likeness (QED) is 0.488. The topological polar surface area (TPSA) is 21.3 Å². The molecule has 0 bridgehead atoms. The lowest BCUT2D eigenvalue weighted by molar-refractivity contribution is 0.410. The van der Waals surface area contributed by atoms with E-state index < -0.39 is 0 Å². The van der Waals surface area contributed by atoms with Gasteiger partial charge >= 0.3 is 0 Å². The Hall–Kier alpha value is -0.540. The van der Waals surface area contributed by atoms with E-state index in [1.54, 1.807) is 7.11 Å². The molecule has 1 rings (SSSR count). The summed E-state index contributed by atoms with van der Waals surface area (Å²) in [4.78, 5) is 0. The number of halogens is 1. The maximum atomic E-state index is 5.29. The highest BCUT2D eigenvalue weighted by Crippen LogP contribution is 2.20. The van der Waals surface area contributed by atoms with Crippen LogP contribution in [0.4, 0.5) is 0 Å². The molecule has 0 saturated carbocycles. The maximum absolute atomic E-state index is 5.29. The first-order chi connectivity index (χ1) is 7.31. The molecular formula is C12H18BrNO. The highest BCUT2D eigenvalue weighted by molar-refractivity contribution is 9.09. The van der Waals surface area contributed by atoms with Crippen LogP contribution in [0.1, 0.15) is 18.1 Å². The Bertz CT molecular complexity index is 302. The van der Waals surface area contributed by atoms with E-state index in [2.05, 4.69) is 46.4 Å². The fourth-order valence-corrected chi connectivity index (χ4v) is 1.84. The molecule has 0 aliphatic rings. The van der Waals surface area contributed by atoms with Gasteiger partial charge in [-0.3, -0.25) is 0 Å². The van der Waals surface area contributed by atoms with Crippen molar-refractivity contribution in [1.29, 1.82) is 0 Å². The lowest BCUT2D eigenvalue weighted by Crippen LogP contribution is -2.14. The van der Waals surface area contributed by atoms with E-state index in [1.165, 1.54) is 11.1 Å². The summed E-state index contributed by atoms with van der Waals surface area (Å²) >= 11 is 3.34. The molecule has 15 heavy (non-hydrogen) atoms. The normalized spacial score (nSPS) is 10.3. The van der Waals surface area contributed by atoms with Crippen molar-refractivity contribution in [2.75, 3.05) is 19.1 Å². The zero-order valence-corrected chi connectivity index (χ0v) is 10.9. The van der Waals surface area contributed by atoms with Gasteiger partial charge in [0.2, 0.25) is 0 Å². The van der Waals surface area contributed by atoms with Crippen LogP contribution < -0.4 is 10.1 Å². The summed E-state index contributed by atoms with van der Waals surface area (Å²) in [6.07, 6.45) is 2.07. The number of nitrogens with one attached hydrogen (secondary N) is 1. The van der Waals surface area contributed by atoms with E-state index in [0.717, 1.165) is 30.6 Å². The number of benzene rings is 1. The largest absolute Gasteiger partial charge is 0.496 e. The Balaban J connectivity index is 2.66. The van der Waals surface area contributed by atoms with Crippen molar-refractivity contribution in [3.8, 4) is 5.75 Å². The van der Waals surface area contributed by atoms with Crippen LogP contribution in [-0.4, -0.2) is 19.1 Å². The lowest BCUT2D eigenvalue weighted by Gasteiger charge is -2.09. The van der Waals surface area contributed by atoms with E-state index in [-0.39, 0.29) is 0 Å².